The molecule has 1 aromatic heterocycles. The van der Waals surface area contributed by atoms with Gasteiger partial charge in [-0.3, -0.25) is 14.2 Å². The van der Waals surface area contributed by atoms with Crippen LogP contribution in [0.25, 0.3) is 0 Å². The van der Waals surface area contributed by atoms with Crippen molar-refractivity contribution in [3.63, 3.8) is 0 Å². The summed E-state index contributed by atoms with van der Waals surface area (Å²) < 4.78 is 12.1. The zero-order valence-corrected chi connectivity index (χ0v) is 16.0. The van der Waals surface area contributed by atoms with Crippen molar-refractivity contribution in [1.29, 1.82) is 0 Å². The summed E-state index contributed by atoms with van der Waals surface area (Å²) in [5, 5.41) is 17.2. The molecule has 2 rings (SSSR count). The lowest BCUT2D eigenvalue weighted by Crippen LogP contribution is -2.46. The predicted octanol–water partition coefficient (Wildman–Crippen LogP) is 1.75. The van der Waals surface area contributed by atoms with Gasteiger partial charge in [0.05, 0.1) is 12.6 Å². The summed E-state index contributed by atoms with van der Waals surface area (Å²) in [5.41, 5.74) is 0.811. The highest BCUT2D eigenvalue weighted by atomic mass is 32.2. The quantitative estimate of drug-likeness (QED) is 0.506. The Balaban J connectivity index is 1.94. The largest absolute Gasteiger partial charge is 0.386 e. The molecule has 1 aliphatic rings. The lowest BCUT2D eigenvalue weighted by molar-refractivity contribution is 0.187. The van der Waals surface area contributed by atoms with Gasteiger partial charge < -0.3 is 15.7 Å². The third-order valence-corrected chi connectivity index (χ3v) is 6.22. The van der Waals surface area contributed by atoms with Gasteiger partial charge in [0.25, 0.3) is 0 Å². The normalized spacial score (nSPS) is 23.7. The van der Waals surface area contributed by atoms with Gasteiger partial charge in [-0.15, -0.1) is 0 Å². The minimum absolute atomic E-state index is 0.279. The zero-order chi connectivity index (χ0) is 18.1. The van der Waals surface area contributed by atoms with Crippen LogP contribution in [0.15, 0.2) is 29.5 Å². The third-order valence-electron chi connectivity index (χ3n) is 4.48. The van der Waals surface area contributed by atoms with Gasteiger partial charge in [0.2, 0.25) is 0 Å². The van der Waals surface area contributed by atoms with Gasteiger partial charge >= 0.3 is 0 Å². The van der Waals surface area contributed by atoms with E-state index in [1.807, 2.05) is 13.8 Å². The van der Waals surface area contributed by atoms with E-state index >= 15 is 0 Å². The van der Waals surface area contributed by atoms with Crippen molar-refractivity contribution >= 4 is 16.8 Å². The van der Waals surface area contributed by atoms with Crippen LogP contribution in [0.1, 0.15) is 51.2 Å². The Bertz CT molecular complexity index is 567. The summed E-state index contributed by atoms with van der Waals surface area (Å²) in [5.74, 6) is 1.44. The molecule has 0 spiro atoms. The first-order valence-corrected chi connectivity index (χ1v) is 10.5. The highest BCUT2D eigenvalue weighted by Crippen LogP contribution is 2.23. The van der Waals surface area contributed by atoms with E-state index in [1.54, 1.807) is 24.5 Å². The third kappa shape index (κ3) is 6.40. The Labute approximate surface area is 153 Å². The van der Waals surface area contributed by atoms with Gasteiger partial charge in [0, 0.05) is 46.8 Å². The highest BCUT2D eigenvalue weighted by Gasteiger charge is 2.26. The van der Waals surface area contributed by atoms with Crippen LogP contribution in [0, 0.1) is 0 Å². The van der Waals surface area contributed by atoms with Gasteiger partial charge in [0.1, 0.15) is 0 Å². The average Bonchev–Trinajstić information content (AvgIpc) is 2.66. The van der Waals surface area contributed by atoms with Crippen LogP contribution < -0.4 is 10.6 Å². The first kappa shape index (κ1) is 19.8. The zero-order valence-electron chi connectivity index (χ0n) is 15.1. The number of aliphatic hydroxyl groups excluding tert-OH is 1. The molecule has 1 aromatic rings. The molecule has 6 nitrogen and oxygen atoms in total. The number of pyridine rings is 1. The number of rotatable bonds is 7. The molecule has 0 bridgehead atoms. The average molecular weight is 367 g/mol. The van der Waals surface area contributed by atoms with E-state index in [0.29, 0.717) is 5.96 Å². The summed E-state index contributed by atoms with van der Waals surface area (Å²) in [6.07, 6.45) is 6.81. The summed E-state index contributed by atoms with van der Waals surface area (Å²) in [6.45, 7) is 5.05. The second-order valence-corrected chi connectivity index (χ2v) is 8.32. The number of hydrogen-bond donors (Lipinski definition) is 3. The monoisotopic (exact) mass is 366 g/mol. The van der Waals surface area contributed by atoms with Crippen molar-refractivity contribution in [2.24, 2.45) is 4.99 Å². The van der Waals surface area contributed by atoms with Crippen LogP contribution in [0.5, 0.6) is 0 Å². The van der Waals surface area contributed by atoms with E-state index in [2.05, 4.69) is 20.6 Å². The molecule has 1 aliphatic carbocycles. The number of nitrogens with zero attached hydrogens (tertiary/aromatic N) is 2. The second-order valence-electron chi connectivity index (χ2n) is 6.32. The fourth-order valence-electron chi connectivity index (χ4n) is 3.13. The molecule has 25 heavy (non-hydrogen) atoms. The second kappa shape index (κ2) is 10.5. The lowest BCUT2D eigenvalue weighted by atomic mass is 9.95. The van der Waals surface area contributed by atoms with E-state index in [4.69, 9.17) is 0 Å². The predicted molar refractivity (Wildman–Crippen MR) is 103 cm³/mol. The van der Waals surface area contributed by atoms with Gasteiger partial charge in [-0.1, -0.05) is 13.3 Å². The summed E-state index contributed by atoms with van der Waals surface area (Å²) in [6, 6.07) is 3.88. The van der Waals surface area contributed by atoms with Crippen LogP contribution in [0.3, 0.4) is 0 Å². The number of aliphatic hydroxyl groups is 1. The molecule has 0 amide bonds. The van der Waals surface area contributed by atoms with Gasteiger partial charge in [-0.05, 0) is 43.9 Å². The van der Waals surface area contributed by atoms with Crippen molar-refractivity contribution < 1.29 is 9.32 Å². The molecule has 1 fully saturated rings. The Morgan fingerprint density at radius 1 is 1.40 bits per heavy atom. The fraction of sp³-hybridized carbons (Fsp3) is 0.667. The minimum atomic E-state index is -0.735. The molecule has 3 N–H and O–H groups in total. The molecule has 0 radical (unpaired) electrons. The van der Waals surface area contributed by atoms with Crippen molar-refractivity contribution in [2.45, 2.75) is 56.9 Å². The van der Waals surface area contributed by atoms with Crippen LogP contribution in [-0.2, 0) is 10.8 Å². The molecule has 0 aromatic carbocycles. The maximum absolute atomic E-state index is 12.1. The minimum Gasteiger partial charge on any atom is -0.386 e. The number of nitrogens with one attached hydrogen (secondary N) is 2. The molecule has 4 unspecified atom stereocenters. The van der Waals surface area contributed by atoms with E-state index < -0.39 is 16.9 Å². The summed E-state index contributed by atoms with van der Waals surface area (Å²) >= 11 is 0. The number of hydrogen-bond acceptors (Lipinski definition) is 4. The Morgan fingerprint density at radius 2 is 2.16 bits per heavy atom. The summed E-state index contributed by atoms with van der Waals surface area (Å²) in [4.78, 5) is 8.48. The maximum atomic E-state index is 12.1. The molecule has 1 heterocycles. The van der Waals surface area contributed by atoms with E-state index in [1.165, 1.54) is 0 Å². The van der Waals surface area contributed by atoms with E-state index in [9.17, 15) is 9.32 Å². The maximum Gasteiger partial charge on any atom is 0.191 e. The van der Waals surface area contributed by atoms with E-state index in [0.717, 1.165) is 43.5 Å². The van der Waals surface area contributed by atoms with E-state index in [-0.39, 0.29) is 17.8 Å². The standard InChI is InChI=1S/C18H30N4O2S/c1-3-20-18(21-13-17(23)14-8-10-19-11-9-14)22-15-6-5-7-16(12-15)25(24)4-2/h8-11,15-17,23H,3-7,12-13H2,1-2H3,(H2,20,21,22). The summed E-state index contributed by atoms with van der Waals surface area (Å²) in [7, 11) is -0.735. The van der Waals surface area contributed by atoms with Crippen LogP contribution in [0.4, 0.5) is 0 Å². The van der Waals surface area contributed by atoms with Gasteiger partial charge in [0.15, 0.2) is 5.96 Å². The molecule has 0 aliphatic heterocycles. The SMILES string of the molecule is CCNC(=NCC(O)c1ccncc1)NC1CCCC(S(=O)CC)C1. The highest BCUT2D eigenvalue weighted by molar-refractivity contribution is 7.85. The molecule has 0 saturated heterocycles. The first-order chi connectivity index (χ1) is 12.1. The molecule has 140 valence electrons. The molecular formula is C18H30N4O2S. The van der Waals surface area contributed by atoms with Crippen LogP contribution in [-0.4, -0.2) is 50.4 Å². The fourth-order valence-corrected chi connectivity index (χ4v) is 4.48. The number of guanidine groups is 1. The molecule has 7 heteroatoms. The van der Waals surface area contributed by atoms with Crippen LogP contribution in [0.2, 0.25) is 0 Å². The Kier molecular flexibility index (Phi) is 8.34. The Morgan fingerprint density at radius 3 is 2.84 bits per heavy atom. The Hall–Kier alpha value is -1.47. The van der Waals surface area contributed by atoms with Crippen molar-refractivity contribution in [2.75, 3.05) is 18.8 Å². The molecule has 4 atom stereocenters. The molecule has 1 saturated carbocycles. The number of aromatic nitrogens is 1. The van der Waals surface area contributed by atoms with Gasteiger partial charge in [-0.25, -0.2) is 0 Å². The topological polar surface area (TPSA) is 86.6 Å². The van der Waals surface area contributed by atoms with Gasteiger partial charge in [-0.2, -0.15) is 0 Å². The number of aliphatic imine (C=N–C) groups is 1. The van der Waals surface area contributed by atoms with Crippen LogP contribution >= 0.6 is 0 Å². The van der Waals surface area contributed by atoms with Crippen molar-refractivity contribution in [1.82, 2.24) is 15.6 Å². The molecular weight excluding hydrogens is 336 g/mol. The first-order valence-electron chi connectivity index (χ1n) is 9.14. The lowest BCUT2D eigenvalue weighted by Gasteiger charge is -2.30. The van der Waals surface area contributed by atoms with Crippen molar-refractivity contribution in [3.8, 4) is 0 Å². The smallest absolute Gasteiger partial charge is 0.191 e. The van der Waals surface area contributed by atoms with Crippen molar-refractivity contribution in [3.05, 3.63) is 30.1 Å².